The highest BCUT2D eigenvalue weighted by molar-refractivity contribution is 5.99. The molecule has 1 aliphatic carbocycles. The van der Waals surface area contributed by atoms with Gasteiger partial charge >= 0.3 is 0 Å². The first kappa shape index (κ1) is 27.3. The molecule has 0 amide bonds. The average molecular weight is 572 g/mol. The molecule has 3 fully saturated rings. The van der Waals surface area contributed by atoms with Crippen LogP contribution < -0.4 is 20.5 Å². The second-order valence-corrected chi connectivity index (χ2v) is 12.6. The van der Waals surface area contributed by atoms with Crippen molar-refractivity contribution in [3.63, 3.8) is 0 Å². The molecule has 3 aliphatic heterocycles. The third kappa shape index (κ3) is 4.84. The molecule has 4 aliphatic rings. The van der Waals surface area contributed by atoms with Crippen molar-refractivity contribution in [1.29, 1.82) is 0 Å². The van der Waals surface area contributed by atoms with E-state index in [2.05, 4.69) is 44.2 Å². The molecule has 1 atom stereocenters. The molecule has 3 aromatic rings. The number of carbonyl (C=O) groups is 1. The molecule has 2 aromatic heterocycles. The number of piperidine rings is 1. The minimum Gasteiger partial charge on any atom is -0.489 e. The Morgan fingerprint density at radius 3 is 2.57 bits per heavy atom. The summed E-state index contributed by atoms with van der Waals surface area (Å²) < 4.78 is 8.06. The van der Waals surface area contributed by atoms with E-state index < -0.39 is 0 Å². The Morgan fingerprint density at radius 2 is 1.81 bits per heavy atom. The standard InChI is InChI=1S/C32H41N7O3/c1-20-26-17-33-32(35-30(26)39(24-6-4-5-7-24)31(41)29(20)21(2)40)34-22-8-9-27-28(16-22)42-19-25-18-37(14-15-38(25)27)23-10-12-36(3)13-11-23/h8-9,16-17,23-25H,4-7,10-15,18-19H2,1-3H3,(H,33,34,35)/t25-/m0/s1. The van der Waals surface area contributed by atoms with Crippen LogP contribution in [0.15, 0.2) is 29.2 Å². The minimum atomic E-state index is -0.239. The first-order valence-corrected chi connectivity index (χ1v) is 15.5. The molecule has 0 unspecified atom stereocenters. The predicted molar refractivity (Wildman–Crippen MR) is 164 cm³/mol. The molecule has 1 N–H and O–H groups in total. The molecule has 0 bridgehead atoms. The van der Waals surface area contributed by atoms with Gasteiger partial charge in [0.05, 0.1) is 17.3 Å². The number of hydrogen-bond acceptors (Lipinski definition) is 9. The third-order valence-corrected chi connectivity index (χ3v) is 9.93. The highest BCUT2D eigenvalue weighted by Gasteiger charge is 2.36. The molecule has 222 valence electrons. The van der Waals surface area contributed by atoms with E-state index in [0.29, 0.717) is 35.8 Å². The molecule has 0 radical (unpaired) electrons. The molecule has 42 heavy (non-hydrogen) atoms. The van der Waals surface area contributed by atoms with E-state index in [-0.39, 0.29) is 22.9 Å². The van der Waals surface area contributed by atoms with Crippen LogP contribution in [0.4, 0.5) is 17.3 Å². The molecule has 1 aromatic carbocycles. The Hall–Kier alpha value is -3.50. The van der Waals surface area contributed by atoms with Crippen molar-refractivity contribution in [2.24, 2.45) is 0 Å². The fourth-order valence-electron chi connectivity index (χ4n) is 7.60. The van der Waals surface area contributed by atoms with Crippen LogP contribution in [0.5, 0.6) is 5.75 Å². The number of pyridine rings is 1. The van der Waals surface area contributed by atoms with E-state index >= 15 is 0 Å². The maximum Gasteiger partial charge on any atom is 0.263 e. The first-order chi connectivity index (χ1) is 20.4. The van der Waals surface area contributed by atoms with E-state index in [9.17, 15) is 9.59 Å². The van der Waals surface area contributed by atoms with E-state index in [1.54, 1.807) is 10.8 Å². The Kier molecular flexibility index (Phi) is 7.14. The lowest BCUT2D eigenvalue weighted by Gasteiger charge is -2.48. The molecular weight excluding hydrogens is 530 g/mol. The molecular formula is C32H41N7O3. The number of hydrogen-bond donors (Lipinski definition) is 1. The number of aryl methyl sites for hydroxylation is 1. The van der Waals surface area contributed by atoms with Crippen LogP contribution in [0.2, 0.25) is 0 Å². The summed E-state index contributed by atoms with van der Waals surface area (Å²) in [7, 11) is 2.22. The maximum absolute atomic E-state index is 13.5. The molecule has 5 heterocycles. The van der Waals surface area contributed by atoms with Crippen molar-refractivity contribution in [2.45, 2.75) is 70.5 Å². The number of aromatic nitrogens is 3. The number of ketones is 1. The Labute approximate surface area is 246 Å². The predicted octanol–water partition coefficient (Wildman–Crippen LogP) is 4.14. The van der Waals surface area contributed by atoms with Gasteiger partial charge in [-0.3, -0.25) is 19.1 Å². The average Bonchev–Trinajstić information content (AvgIpc) is 3.51. The Balaban J connectivity index is 1.13. The van der Waals surface area contributed by atoms with Gasteiger partial charge in [-0.15, -0.1) is 0 Å². The lowest BCUT2D eigenvalue weighted by molar-refractivity contribution is 0.0868. The molecule has 1 saturated carbocycles. The quantitative estimate of drug-likeness (QED) is 0.454. The van der Waals surface area contributed by atoms with E-state index in [1.165, 1.54) is 32.9 Å². The Bertz CT molecular complexity index is 1570. The van der Waals surface area contributed by atoms with Gasteiger partial charge in [0, 0.05) is 55.1 Å². The number of carbonyl (C=O) groups excluding carboxylic acids is 1. The lowest BCUT2D eigenvalue weighted by atomic mass is 10.00. The van der Waals surface area contributed by atoms with Crippen LogP contribution in [-0.2, 0) is 0 Å². The van der Waals surface area contributed by atoms with Crippen molar-refractivity contribution in [3.8, 4) is 5.75 Å². The number of ether oxygens (including phenoxy) is 1. The van der Waals surface area contributed by atoms with Gasteiger partial charge < -0.3 is 19.9 Å². The van der Waals surface area contributed by atoms with Gasteiger partial charge in [-0.1, -0.05) is 12.8 Å². The van der Waals surface area contributed by atoms with Crippen LogP contribution >= 0.6 is 0 Å². The maximum atomic E-state index is 13.5. The van der Waals surface area contributed by atoms with Gasteiger partial charge in [0.25, 0.3) is 5.56 Å². The largest absolute Gasteiger partial charge is 0.489 e. The summed E-state index contributed by atoms with van der Waals surface area (Å²) in [6, 6.07) is 7.30. The molecule has 10 heteroatoms. The highest BCUT2D eigenvalue weighted by atomic mass is 16.5. The van der Waals surface area contributed by atoms with Crippen molar-refractivity contribution >= 4 is 34.1 Å². The first-order valence-electron chi connectivity index (χ1n) is 15.5. The van der Waals surface area contributed by atoms with Gasteiger partial charge in [-0.05, 0) is 77.4 Å². The summed E-state index contributed by atoms with van der Waals surface area (Å²) in [4.78, 5) is 43.0. The van der Waals surface area contributed by atoms with E-state index in [1.807, 2.05) is 13.0 Å². The highest BCUT2D eigenvalue weighted by Crippen LogP contribution is 2.38. The fraction of sp³-hybridized carbons (Fsp3) is 0.562. The van der Waals surface area contributed by atoms with Gasteiger partial charge in [0.2, 0.25) is 5.95 Å². The molecule has 7 rings (SSSR count). The second-order valence-electron chi connectivity index (χ2n) is 12.6. The number of Topliss-reactive ketones (excluding diaryl/α,β-unsaturated/α-hetero) is 1. The summed E-state index contributed by atoms with van der Waals surface area (Å²) in [5.74, 6) is 1.08. The number of rotatable bonds is 5. The van der Waals surface area contributed by atoms with E-state index in [4.69, 9.17) is 9.72 Å². The summed E-state index contributed by atoms with van der Waals surface area (Å²) in [6.07, 6.45) is 8.21. The van der Waals surface area contributed by atoms with Crippen LogP contribution in [0.25, 0.3) is 11.0 Å². The summed E-state index contributed by atoms with van der Waals surface area (Å²) in [5.41, 5.74) is 3.22. The SMILES string of the molecule is CC(=O)c1c(C)c2cnc(Nc3ccc4c(c3)OC[C@@H]3CN(C5CCN(C)CC5)CCN43)nc2n(C2CCCC2)c1=O. The zero-order chi connectivity index (χ0) is 29.0. The topological polar surface area (TPSA) is 95.8 Å². The normalized spacial score (nSPS) is 22.2. The van der Waals surface area contributed by atoms with E-state index in [0.717, 1.165) is 67.8 Å². The second kappa shape index (κ2) is 11.0. The number of anilines is 3. The number of piperazine rings is 1. The van der Waals surface area contributed by atoms with Crippen LogP contribution in [0, 0.1) is 6.92 Å². The molecule has 0 spiro atoms. The third-order valence-electron chi connectivity index (χ3n) is 9.93. The number of likely N-dealkylation sites (tertiary alicyclic amines) is 1. The molecule has 10 nitrogen and oxygen atoms in total. The van der Waals surface area contributed by atoms with Crippen LogP contribution in [0.3, 0.4) is 0 Å². The summed E-state index contributed by atoms with van der Waals surface area (Å²) in [5, 5.41) is 4.10. The zero-order valence-electron chi connectivity index (χ0n) is 24.9. The minimum absolute atomic E-state index is 0.0476. The van der Waals surface area contributed by atoms with Crippen molar-refractivity contribution in [3.05, 3.63) is 45.9 Å². The van der Waals surface area contributed by atoms with Gasteiger partial charge in [-0.2, -0.15) is 4.98 Å². The van der Waals surface area contributed by atoms with Crippen molar-refractivity contribution < 1.29 is 9.53 Å². The lowest BCUT2D eigenvalue weighted by Crippen LogP contribution is -2.60. The smallest absolute Gasteiger partial charge is 0.263 e. The summed E-state index contributed by atoms with van der Waals surface area (Å²) >= 11 is 0. The van der Waals surface area contributed by atoms with Crippen LogP contribution in [-0.4, -0.2) is 88.6 Å². The van der Waals surface area contributed by atoms with Gasteiger partial charge in [-0.25, -0.2) is 4.98 Å². The van der Waals surface area contributed by atoms with Gasteiger partial charge in [0.1, 0.15) is 18.0 Å². The number of nitrogens with one attached hydrogen (secondary N) is 1. The number of fused-ring (bicyclic) bond motifs is 4. The van der Waals surface area contributed by atoms with Gasteiger partial charge in [0.15, 0.2) is 5.78 Å². The fourth-order valence-corrected chi connectivity index (χ4v) is 7.60. The number of nitrogens with zero attached hydrogens (tertiary/aromatic N) is 6. The monoisotopic (exact) mass is 571 g/mol. The van der Waals surface area contributed by atoms with Crippen molar-refractivity contribution in [2.75, 3.05) is 56.6 Å². The van der Waals surface area contributed by atoms with Crippen LogP contribution in [0.1, 0.15) is 67.4 Å². The van der Waals surface area contributed by atoms with Crippen molar-refractivity contribution in [1.82, 2.24) is 24.3 Å². The number of benzene rings is 1. The summed E-state index contributed by atoms with van der Waals surface area (Å²) in [6.45, 7) is 9.46. The zero-order valence-corrected chi connectivity index (χ0v) is 24.9. The molecule has 2 saturated heterocycles. The Morgan fingerprint density at radius 1 is 1.02 bits per heavy atom.